The molecule has 1 aliphatic rings. The second-order valence-electron chi connectivity index (χ2n) is 6.35. The third-order valence-corrected chi connectivity index (χ3v) is 5.53. The number of carbonyl (C=O) groups excluding carboxylic acids is 2. The Morgan fingerprint density at radius 3 is 2.56 bits per heavy atom. The Labute approximate surface area is 149 Å². The molecule has 0 atom stereocenters. The van der Waals surface area contributed by atoms with Gasteiger partial charge in [-0.3, -0.25) is 14.5 Å². The summed E-state index contributed by atoms with van der Waals surface area (Å²) in [5.74, 6) is -1.33. The predicted octanol–water partition coefficient (Wildman–Crippen LogP) is 3.00. The van der Waals surface area contributed by atoms with Crippen LogP contribution in [0.5, 0.6) is 0 Å². The van der Waals surface area contributed by atoms with E-state index in [1.165, 1.54) is 35.6 Å². The molecule has 0 bridgehead atoms. The molecule has 2 aromatic rings. The van der Waals surface area contributed by atoms with Gasteiger partial charge in [0.1, 0.15) is 10.8 Å². The van der Waals surface area contributed by atoms with E-state index in [-0.39, 0.29) is 5.91 Å². The number of nitrogens with zero attached hydrogens (tertiary/aromatic N) is 1. The van der Waals surface area contributed by atoms with Gasteiger partial charge in [-0.15, -0.1) is 11.3 Å². The van der Waals surface area contributed by atoms with Crippen molar-refractivity contribution in [1.82, 2.24) is 4.90 Å². The number of hydrogen-bond acceptors (Lipinski definition) is 4. The molecule has 1 aromatic heterocycles. The molecule has 2 heterocycles. The predicted molar refractivity (Wildman–Crippen MR) is 96.4 cm³/mol. The van der Waals surface area contributed by atoms with Crippen LogP contribution in [0, 0.1) is 5.82 Å². The largest absolute Gasteiger partial charge is 0.365 e. The number of anilines is 1. The summed E-state index contributed by atoms with van der Waals surface area (Å²) in [7, 11) is 0. The van der Waals surface area contributed by atoms with Gasteiger partial charge >= 0.3 is 0 Å². The lowest BCUT2D eigenvalue weighted by molar-refractivity contribution is 0.0999. The van der Waals surface area contributed by atoms with Crippen molar-refractivity contribution in [3.8, 4) is 0 Å². The van der Waals surface area contributed by atoms with Gasteiger partial charge in [0.05, 0.1) is 5.56 Å². The van der Waals surface area contributed by atoms with Gasteiger partial charge in [0.25, 0.3) is 11.8 Å². The van der Waals surface area contributed by atoms with E-state index in [0.29, 0.717) is 22.2 Å². The fourth-order valence-corrected chi connectivity index (χ4v) is 4.26. The van der Waals surface area contributed by atoms with Gasteiger partial charge in [-0.05, 0) is 50.1 Å². The maximum atomic E-state index is 13.0. The molecule has 1 aliphatic heterocycles. The molecule has 25 heavy (non-hydrogen) atoms. The molecule has 0 spiro atoms. The molecule has 5 nitrogen and oxygen atoms in total. The number of carbonyl (C=O) groups is 2. The second-order valence-corrected chi connectivity index (χ2v) is 7.45. The van der Waals surface area contributed by atoms with Crippen LogP contribution in [0.3, 0.4) is 0 Å². The SMILES string of the molecule is CC(C)N1CCc2c(sc(NC(=O)c3ccc(F)cc3)c2C(N)=O)C1. The monoisotopic (exact) mass is 361 g/mol. The van der Waals surface area contributed by atoms with Gasteiger partial charge in [0, 0.05) is 29.6 Å². The molecule has 0 radical (unpaired) electrons. The molecule has 1 aromatic carbocycles. The van der Waals surface area contributed by atoms with Crippen LogP contribution < -0.4 is 11.1 Å². The first-order valence-electron chi connectivity index (χ1n) is 8.12. The molecule has 132 valence electrons. The Kier molecular flexibility index (Phi) is 4.87. The number of thiophene rings is 1. The number of rotatable bonds is 4. The number of hydrogen-bond donors (Lipinski definition) is 2. The van der Waals surface area contributed by atoms with Crippen LogP contribution in [0.25, 0.3) is 0 Å². The molecule has 0 saturated carbocycles. The molecular weight excluding hydrogens is 341 g/mol. The van der Waals surface area contributed by atoms with E-state index in [0.717, 1.165) is 30.0 Å². The minimum Gasteiger partial charge on any atom is -0.365 e. The molecule has 0 saturated heterocycles. The van der Waals surface area contributed by atoms with Crippen LogP contribution in [0.15, 0.2) is 24.3 Å². The van der Waals surface area contributed by atoms with E-state index in [2.05, 4.69) is 24.1 Å². The maximum Gasteiger partial charge on any atom is 0.256 e. The van der Waals surface area contributed by atoms with Crippen molar-refractivity contribution in [2.24, 2.45) is 5.73 Å². The lowest BCUT2D eigenvalue weighted by Crippen LogP contribution is -2.35. The fourth-order valence-electron chi connectivity index (χ4n) is 2.99. The van der Waals surface area contributed by atoms with Crippen LogP contribution in [-0.2, 0) is 13.0 Å². The Hall–Kier alpha value is -2.25. The maximum absolute atomic E-state index is 13.0. The average Bonchev–Trinajstić information content (AvgIpc) is 2.92. The van der Waals surface area contributed by atoms with E-state index in [4.69, 9.17) is 5.73 Å². The Balaban J connectivity index is 1.90. The Bertz CT molecular complexity index is 814. The van der Waals surface area contributed by atoms with Crippen LogP contribution in [0.1, 0.15) is 45.0 Å². The molecule has 0 unspecified atom stereocenters. The second kappa shape index (κ2) is 6.93. The third-order valence-electron chi connectivity index (χ3n) is 4.40. The van der Waals surface area contributed by atoms with E-state index in [1.54, 1.807) is 0 Å². The van der Waals surface area contributed by atoms with Gasteiger partial charge in [-0.1, -0.05) is 0 Å². The topological polar surface area (TPSA) is 75.4 Å². The first-order chi connectivity index (χ1) is 11.9. The molecular formula is C18H20FN3O2S. The molecule has 0 fully saturated rings. The van der Waals surface area contributed by atoms with Gasteiger partial charge in [-0.2, -0.15) is 0 Å². The van der Waals surface area contributed by atoms with Crippen LogP contribution in [0.2, 0.25) is 0 Å². The number of nitrogens with two attached hydrogens (primary N) is 1. The highest BCUT2D eigenvalue weighted by atomic mass is 32.1. The van der Waals surface area contributed by atoms with Crippen LogP contribution in [-0.4, -0.2) is 29.3 Å². The smallest absolute Gasteiger partial charge is 0.256 e. The molecule has 3 rings (SSSR count). The summed E-state index contributed by atoms with van der Waals surface area (Å²) in [6.45, 7) is 5.85. The first kappa shape index (κ1) is 17.6. The lowest BCUT2D eigenvalue weighted by Gasteiger charge is -2.30. The van der Waals surface area contributed by atoms with Crippen LogP contribution >= 0.6 is 11.3 Å². The summed E-state index contributed by atoms with van der Waals surface area (Å²) in [4.78, 5) is 27.7. The van der Waals surface area contributed by atoms with Crippen molar-refractivity contribution < 1.29 is 14.0 Å². The zero-order chi connectivity index (χ0) is 18.1. The van der Waals surface area contributed by atoms with Crippen molar-refractivity contribution in [3.05, 3.63) is 51.7 Å². The summed E-state index contributed by atoms with van der Waals surface area (Å²) in [6.07, 6.45) is 0.731. The summed E-state index contributed by atoms with van der Waals surface area (Å²) >= 11 is 1.39. The third kappa shape index (κ3) is 3.57. The zero-order valence-electron chi connectivity index (χ0n) is 14.1. The van der Waals surface area contributed by atoms with Crippen molar-refractivity contribution in [1.29, 1.82) is 0 Å². The highest BCUT2D eigenvalue weighted by molar-refractivity contribution is 7.17. The van der Waals surface area contributed by atoms with Crippen molar-refractivity contribution in [3.63, 3.8) is 0 Å². The van der Waals surface area contributed by atoms with Gasteiger partial charge in [0.2, 0.25) is 0 Å². The normalized spacial score (nSPS) is 14.4. The fraction of sp³-hybridized carbons (Fsp3) is 0.333. The van der Waals surface area contributed by atoms with Gasteiger partial charge in [0.15, 0.2) is 0 Å². The average molecular weight is 361 g/mol. The summed E-state index contributed by atoms with van der Waals surface area (Å²) in [6, 6.07) is 5.67. The van der Waals surface area contributed by atoms with E-state index < -0.39 is 11.7 Å². The molecule has 2 amide bonds. The number of fused-ring (bicyclic) bond motifs is 1. The first-order valence-corrected chi connectivity index (χ1v) is 8.93. The molecule has 0 aliphatic carbocycles. The number of amides is 2. The van der Waals surface area contributed by atoms with Crippen molar-refractivity contribution >= 4 is 28.2 Å². The minimum atomic E-state index is -0.537. The Morgan fingerprint density at radius 2 is 1.96 bits per heavy atom. The lowest BCUT2D eigenvalue weighted by atomic mass is 10.0. The summed E-state index contributed by atoms with van der Waals surface area (Å²) in [5.41, 5.74) is 7.23. The summed E-state index contributed by atoms with van der Waals surface area (Å²) in [5, 5.41) is 3.24. The van der Waals surface area contributed by atoms with Crippen LogP contribution in [0.4, 0.5) is 9.39 Å². The summed E-state index contributed by atoms with van der Waals surface area (Å²) < 4.78 is 13.0. The highest BCUT2D eigenvalue weighted by Gasteiger charge is 2.28. The quantitative estimate of drug-likeness (QED) is 0.879. The number of nitrogens with one attached hydrogen (secondary N) is 1. The van der Waals surface area contributed by atoms with E-state index >= 15 is 0 Å². The molecule has 7 heteroatoms. The van der Waals surface area contributed by atoms with Gasteiger partial charge < -0.3 is 11.1 Å². The molecule has 3 N–H and O–H groups in total. The minimum absolute atomic E-state index is 0.326. The van der Waals surface area contributed by atoms with Crippen molar-refractivity contribution in [2.75, 3.05) is 11.9 Å². The number of benzene rings is 1. The number of halogens is 1. The van der Waals surface area contributed by atoms with E-state index in [1.807, 2.05) is 0 Å². The van der Waals surface area contributed by atoms with Gasteiger partial charge in [-0.25, -0.2) is 4.39 Å². The zero-order valence-corrected chi connectivity index (χ0v) is 15.0. The highest BCUT2D eigenvalue weighted by Crippen LogP contribution is 2.37. The van der Waals surface area contributed by atoms with Crippen molar-refractivity contribution in [2.45, 2.75) is 32.9 Å². The Morgan fingerprint density at radius 1 is 1.28 bits per heavy atom. The standard InChI is InChI=1S/C18H20FN3O2S/c1-10(2)22-8-7-13-14(9-22)25-18(15(13)16(20)23)21-17(24)11-3-5-12(19)6-4-11/h3-6,10H,7-9H2,1-2H3,(H2,20,23)(H,21,24). The van der Waals surface area contributed by atoms with E-state index in [9.17, 15) is 14.0 Å². The number of primary amides is 1.